The first-order chi connectivity index (χ1) is 9.18. The number of hydrogen-bond acceptors (Lipinski definition) is 2. The van der Waals surface area contributed by atoms with E-state index in [1.54, 1.807) is 0 Å². The minimum absolute atomic E-state index is 0.0833. The van der Waals surface area contributed by atoms with Crippen LogP contribution in [0.25, 0.3) is 5.57 Å². The van der Waals surface area contributed by atoms with Gasteiger partial charge < -0.3 is 10.6 Å². The summed E-state index contributed by atoms with van der Waals surface area (Å²) >= 11 is 0. The fraction of sp³-hybridized carbons (Fsp3) is 0.438. The highest BCUT2D eigenvalue weighted by Gasteiger charge is 2.29. The summed E-state index contributed by atoms with van der Waals surface area (Å²) < 4.78 is 0. The molecule has 1 fully saturated rings. The van der Waals surface area contributed by atoms with Crippen molar-refractivity contribution in [2.24, 2.45) is 0 Å². The van der Waals surface area contributed by atoms with Crippen LogP contribution in [-0.4, -0.2) is 19.0 Å². The average Bonchev–Trinajstić information content (AvgIpc) is 2.75. The highest BCUT2D eigenvalue weighted by atomic mass is 16.2. The van der Waals surface area contributed by atoms with Crippen molar-refractivity contribution in [2.45, 2.75) is 32.6 Å². The van der Waals surface area contributed by atoms with Crippen molar-refractivity contribution in [1.82, 2.24) is 5.32 Å². The van der Waals surface area contributed by atoms with Crippen LogP contribution in [0.15, 0.2) is 23.8 Å². The zero-order valence-corrected chi connectivity index (χ0v) is 11.5. The Balaban J connectivity index is 2.12. The number of benzene rings is 1. The van der Waals surface area contributed by atoms with Gasteiger partial charge in [0, 0.05) is 11.1 Å². The minimum Gasteiger partial charge on any atom is -0.321 e. The number of anilines is 1. The number of amides is 1. The van der Waals surface area contributed by atoms with Crippen LogP contribution in [-0.2, 0) is 4.79 Å². The molecule has 1 amide bonds. The standard InChI is InChI=1S/C16H20N2O/c1-10(2)12-4-3-5-13-14(16(19)18-15(12)13)11-6-8-17-9-7-11/h3-5,10,17H,6-9H2,1-2H3,(H,18,19). The topological polar surface area (TPSA) is 41.1 Å². The third-order valence-corrected chi connectivity index (χ3v) is 4.01. The number of fused-ring (bicyclic) bond motifs is 1. The van der Waals surface area contributed by atoms with E-state index in [9.17, 15) is 4.79 Å². The van der Waals surface area contributed by atoms with Crippen molar-refractivity contribution in [1.29, 1.82) is 0 Å². The van der Waals surface area contributed by atoms with Gasteiger partial charge in [0.05, 0.1) is 5.69 Å². The Kier molecular flexibility index (Phi) is 3.15. The summed E-state index contributed by atoms with van der Waals surface area (Å²) in [6.07, 6.45) is 1.96. The van der Waals surface area contributed by atoms with Crippen molar-refractivity contribution >= 4 is 17.2 Å². The number of nitrogens with one attached hydrogen (secondary N) is 2. The number of carbonyl (C=O) groups is 1. The van der Waals surface area contributed by atoms with Gasteiger partial charge in [-0.25, -0.2) is 0 Å². The molecule has 1 aromatic rings. The Labute approximate surface area is 114 Å². The van der Waals surface area contributed by atoms with Gasteiger partial charge in [-0.2, -0.15) is 0 Å². The van der Waals surface area contributed by atoms with Gasteiger partial charge in [0.1, 0.15) is 0 Å². The lowest BCUT2D eigenvalue weighted by Gasteiger charge is -2.17. The van der Waals surface area contributed by atoms with Gasteiger partial charge in [0.2, 0.25) is 0 Å². The van der Waals surface area contributed by atoms with Gasteiger partial charge in [-0.15, -0.1) is 0 Å². The van der Waals surface area contributed by atoms with Crippen molar-refractivity contribution in [3.8, 4) is 0 Å². The first-order valence-electron chi connectivity index (χ1n) is 7.06. The van der Waals surface area contributed by atoms with Crippen LogP contribution in [0.3, 0.4) is 0 Å². The molecule has 2 heterocycles. The molecule has 0 unspecified atom stereocenters. The van der Waals surface area contributed by atoms with Crippen molar-refractivity contribution in [3.05, 3.63) is 34.9 Å². The molecule has 3 nitrogen and oxygen atoms in total. The summed E-state index contributed by atoms with van der Waals surface area (Å²) in [6, 6.07) is 6.25. The molecule has 3 rings (SSSR count). The number of rotatable bonds is 1. The largest absolute Gasteiger partial charge is 0.321 e. The highest BCUT2D eigenvalue weighted by Crippen LogP contribution is 2.40. The van der Waals surface area contributed by atoms with E-state index in [-0.39, 0.29) is 5.91 Å². The summed E-state index contributed by atoms with van der Waals surface area (Å²) in [7, 11) is 0. The van der Waals surface area contributed by atoms with Gasteiger partial charge in [0.15, 0.2) is 0 Å². The van der Waals surface area contributed by atoms with E-state index >= 15 is 0 Å². The Bertz CT molecular complexity index is 550. The SMILES string of the molecule is CC(C)c1cccc2c1NC(=O)C2=C1CCNCC1. The van der Waals surface area contributed by atoms with Crippen LogP contribution < -0.4 is 10.6 Å². The maximum atomic E-state index is 12.3. The fourth-order valence-corrected chi connectivity index (χ4v) is 3.03. The lowest BCUT2D eigenvalue weighted by Crippen LogP contribution is -2.24. The summed E-state index contributed by atoms with van der Waals surface area (Å²) in [6.45, 7) is 6.28. The Hall–Kier alpha value is -1.61. The van der Waals surface area contributed by atoms with Gasteiger partial charge in [-0.3, -0.25) is 4.79 Å². The Morgan fingerprint density at radius 2 is 1.89 bits per heavy atom. The summed E-state index contributed by atoms with van der Waals surface area (Å²) in [5.74, 6) is 0.507. The highest BCUT2D eigenvalue weighted by molar-refractivity contribution is 6.32. The van der Waals surface area contributed by atoms with Crippen molar-refractivity contribution in [3.63, 3.8) is 0 Å². The van der Waals surface area contributed by atoms with Gasteiger partial charge >= 0.3 is 0 Å². The Morgan fingerprint density at radius 1 is 1.16 bits per heavy atom. The number of carbonyl (C=O) groups excluding carboxylic acids is 1. The molecule has 1 saturated heterocycles. The van der Waals surface area contributed by atoms with E-state index in [1.165, 1.54) is 11.1 Å². The second kappa shape index (κ2) is 4.82. The molecule has 0 aromatic heterocycles. The number of hydrogen-bond donors (Lipinski definition) is 2. The second-order valence-corrected chi connectivity index (χ2v) is 5.61. The smallest absolute Gasteiger partial charge is 0.256 e. The molecular weight excluding hydrogens is 236 g/mol. The molecule has 0 atom stereocenters. The van der Waals surface area contributed by atoms with Crippen LogP contribution >= 0.6 is 0 Å². The molecule has 2 N–H and O–H groups in total. The van der Waals surface area contributed by atoms with Crippen LogP contribution in [0.4, 0.5) is 5.69 Å². The van der Waals surface area contributed by atoms with Crippen LogP contribution in [0.5, 0.6) is 0 Å². The first-order valence-corrected chi connectivity index (χ1v) is 7.06. The molecule has 3 heteroatoms. The molecule has 0 saturated carbocycles. The quantitative estimate of drug-likeness (QED) is 0.759. The molecule has 2 aliphatic heterocycles. The van der Waals surface area contributed by atoms with Crippen LogP contribution in [0, 0.1) is 0 Å². The predicted octanol–water partition coefficient (Wildman–Crippen LogP) is 2.90. The second-order valence-electron chi connectivity index (χ2n) is 5.61. The van der Waals surface area contributed by atoms with Gasteiger partial charge in [-0.05, 0) is 37.4 Å². The molecule has 0 aliphatic carbocycles. The van der Waals surface area contributed by atoms with E-state index < -0.39 is 0 Å². The van der Waals surface area contributed by atoms with Gasteiger partial charge in [-0.1, -0.05) is 37.6 Å². The van der Waals surface area contributed by atoms with E-state index in [0.717, 1.165) is 42.8 Å². The molecule has 0 radical (unpaired) electrons. The van der Waals surface area contributed by atoms with Gasteiger partial charge in [0.25, 0.3) is 5.91 Å². The minimum atomic E-state index is 0.0833. The lowest BCUT2D eigenvalue weighted by atomic mass is 9.92. The van der Waals surface area contributed by atoms with Crippen molar-refractivity contribution < 1.29 is 4.79 Å². The number of piperidine rings is 1. The zero-order chi connectivity index (χ0) is 13.4. The van der Waals surface area contributed by atoms with Crippen LogP contribution in [0.1, 0.15) is 43.7 Å². The third kappa shape index (κ3) is 2.08. The van der Waals surface area contributed by atoms with E-state index in [0.29, 0.717) is 5.92 Å². The average molecular weight is 256 g/mol. The normalized spacial score (nSPS) is 18.8. The molecule has 0 bridgehead atoms. The van der Waals surface area contributed by atoms with E-state index in [4.69, 9.17) is 0 Å². The van der Waals surface area contributed by atoms with E-state index in [1.807, 2.05) is 0 Å². The zero-order valence-electron chi connectivity index (χ0n) is 11.5. The maximum absolute atomic E-state index is 12.3. The summed E-state index contributed by atoms with van der Waals surface area (Å²) in [5, 5.41) is 6.42. The maximum Gasteiger partial charge on any atom is 0.256 e. The molecular formula is C16H20N2O. The van der Waals surface area contributed by atoms with E-state index in [2.05, 4.69) is 42.7 Å². The number of para-hydroxylation sites is 1. The summed E-state index contributed by atoms with van der Waals surface area (Å²) in [4.78, 5) is 12.3. The molecule has 2 aliphatic rings. The predicted molar refractivity (Wildman–Crippen MR) is 78.2 cm³/mol. The fourth-order valence-electron chi connectivity index (χ4n) is 3.03. The van der Waals surface area contributed by atoms with Crippen molar-refractivity contribution in [2.75, 3.05) is 18.4 Å². The molecule has 100 valence electrons. The third-order valence-electron chi connectivity index (χ3n) is 4.01. The molecule has 1 aromatic carbocycles. The lowest BCUT2D eigenvalue weighted by molar-refractivity contribution is -0.110. The monoisotopic (exact) mass is 256 g/mol. The van der Waals surface area contributed by atoms with Crippen LogP contribution in [0.2, 0.25) is 0 Å². The Morgan fingerprint density at radius 3 is 2.58 bits per heavy atom. The summed E-state index contributed by atoms with van der Waals surface area (Å²) in [5.41, 5.74) is 5.60. The first kappa shape index (κ1) is 12.4. The molecule has 19 heavy (non-hydrogen) atoms. The molecule has 0 spiro atoms.